The Bertz CT molecular complexity index is 732. The van der Waals surface area contributed by atoms with Gasteiger partial charge in [0.1, 0.15) is 0 Å². The third-order valence-electron chi connectivity index (χ3n) is 4.52. The van der Waals surface area contributed by atoms with E-state index in [1.807, 2.05) is 18.2 Å². The van der Waals surface area contributed by atoms with E-state index < -0.39 is 0 Å². The van der Waals surface area contributed by atoms with Crippen LogP contribution >= 0.6 is 0 Å². The maximum absolute atomic E-state index is 12.3. The van der Waals surface area contributed by atoms with E-state index in [9.17, 15) is 4.79 Å². The third-order valence-corrected chi connectivity index (χ3v) is 4.52. The lowest BCUT2D eigenvalue weighted by Gasteiger charge is -2.30. The maximum Gasteiger partial charge on any atom is 0.319 e. The number of ether oxygens (including phenoxy) is 2. The van der Waals surface area contributed by atoms with E-state index in [0.29, 0.717) is 23.7 Å². The summed E-state index contributed by atoms with van der Waals surface area (Å²) < 4.78 is 10.6. The van der Waals surface area contributed by atoms with Gasteiger partial charge in [0.2, 0.25) is 6.79 Å². The summed E-state index contributed by atoms with van der Waals surface area (Å²) in [6, 6.07) is 15.5. The van der Waals surface area contributed by atoms with Crippen molar-refractivity contribution in [3.63, 3.8) is 0 Å². The van der Waals surface area contributed by atoms with Gasteiger partial charge < -0.3 is 20.1 Å². The second-order valence-corrected chi connectivity index (χ2v) is 6.05. The van der Waals surface area contributed by atoms with Crippen LogP contribution in [-0.2, 0) is 0 Å². The number of hydrogen-bond acceptors (Lipinski definition) is 4. The molecule has 0 spiro atoms. The lowest BCUT2D eigenvalue weighted by molar-refractivity contribution is 0.174. The van der Waals surface area contributed by atoms with Crippen LogP contribution < -0.4 is 20.1 Å². The summed E-state index contributed by atoms with van der Waals surface area (Å²) in [7, 11) is 0. The number of amides is 2. The maximum atomic E-state index is 12.3. The molecule has 0 bridgehead atoms. The second-order valence-electron chi connectivity index (χ2n) is 6.05. The predicted molar refractivity (Wildman–Crippen MR) is 102 cm³/mol. The highest BCUT2D eigenvalue weighted by molar-refractivity contribution is 5.89. The van der Waals surface area contributed by atoms with Crippen molar-refractivity contribution in [2.24, 2.45) is 0 Å². The standard InChI is InChI=1S/C20H25N3O3/c1-3-23(4-2)17(15-8-6-5-7-9-15)13-21-20(24)22-16-10-11-18-19(12-16)26-14-25-18/h5-12,17H,3-4,13-14H2,1-2H3,(H2,21,22,24)/t17-/m1/s1. The van der Waals surface area contributed by atoms with Gasteiger partial charge in [-0.1, -0.05) is 44.2 Å². The fourth-order valence-corrected chi connectivity index (χ4v) is 3.14. The lowest BCUT2D eigenvalue weighted by Crippen LogP contribution is -2.39. The van der Waals surface area contributed by atoms with Crippen molar-refractivity contribution in [2.75, 3.05) is 31.7 Å². The molecule has 26 heavy (non-hydrogen) atoms. The van der Waals surface area contributed by atoms with Crippen molar-refractivity contribution in [3.8, 4) is 11.5 Å². The molecule has 0 aromatic heterocycles. The summed E-state index contributed by atoms with van der Waals surface area (Å²) in [5, 5.41) is 5.83. The largest absolute Gasteiger partial charge is 0.454 e. The predicted octanol–water partition coefficient (Wildman–Crippen LogP) is 3.62. The minimum Gasteiger partial charge on any atom is -0.454 e. The quantitative estimate of drug-likeness (QED) is 0.796. The van der Waals surface area contributed by atoms with Crippen LogP contribution in [0.5, 0.6) is 11.5 Å². The molecule has 3 rings (SSSR count). The summed E-state index contributed by atoms with van der Waals surface area (Å²) in [6.07, 6.45) is 0. The van der Waals surface area contributed by atoms with Gasteiger partial charge in [0.15, 0.2) is 11.5 Å². The van der Waals surface area contributed by atoms with E-state index in [2.05, 4.69) is 41.5 Å². The van der Waals surface area contributed by atoms with Gasteiger partial charge in [0, 0.05) is 18.3 Å². The second kappa shape index (κ2) is 8.58. The van der Waals surface area contributed by atoms with Crippen LogP contribution in [0.15, 0.2) is 48.5 Å². The highest BCUT2D eigenvalue weighted by Gasteiger charge is 2.19. The van der Waals surface area contributed by atoms with Crippen molar-refractivity contribution < 1.29 is 14.3 Å². The molecule has 0 aliphatic carbocycles. The van der Waals surface area contributed by atoms with Gasteiger partial charge in [-0.25, -0.2) is 4.79 Å². The van der Waals surface area contributed by atoms with E-state index in [0.717, 1.165) is 13.1 Å². The Labute approximate surface area is 154 Å². The zero-order valence-corrected chi connectivity index (χ0v) is 15.2. The Morgan fingerprint density at radius 3 is 2.54 bits per heavy atom. The van der Waals surface area contributed by atoms with E-state index >= 15 is 0 Å². The molecule has 6 heteroatoms. The number of anilines is 1. The SMILES string of the molecule is CCN(CC)[C@H](CNC(=O)Nc1ccc2c(c1)OCO2)c1ccccc1. The van der Waals surface area contributed by atoms with E-state index in [-0.39, 0.29) is 18.9 Å². The highest BCUT2D eigenvalue weighted by atomic mass is 16.7. The van der Waals surface area contributed by atoms with Crippen LogP contribution in [0.2, 0.25) is 0 Å². The fourth-order valence-electron chi connectivity index (χ4n) is 3.14. The van der Waals surface area contributed by atoms with Crippen LogP contribution in [0.1, 0.15) is 25.5 Å². The summed E-state index contributed by atoms with van der Waals surface area (Å²) in [5.74, 6) is 1.34. The van der Waals surface area contributed by atoms with Crippen LogP contribution in [0.3, 0.4) is 0 Å². The topological polar surface area (TPSA) is 62.8 Å². The first kappa shape index (κ1) is 18.1. The summed E-state index contributed by atoms with van der Waals surface area (Å²) >= 11 is 0. The number of rotatable bonds is 7. The molecule has 0 radical (unpaired) electrons. The van der Waals surface area contributed by atoms with Crippen molar-refractivity contribution >= 4 is 11.7 Å². The number of benzene rings is 2. The summed E-state index contributed by atoms with van der Waals surface area (Å²) in [6.45, 7) is 6.84. The van der Waals surface area contributed by atoms with Crippen molar-refractivity contribution in [2.45, 2.75) is 19.9 Å². The lowest BCUT2D eigenvalue weighted by atomic mass is 10.1. The number of fused-ring (bicyclic) bond motifs is 1. The molecule has 0 fully saturated rings. The van der Waals surface area contributed by atoms with E-state index in [1.165, 1.54) is 5.56 Å². The number of carbonyl (C=O) groups excluding carboxylic acids is 1. The van der Waals surface area contributed by atoms with Crippen molar-refractivity contribution in [3.05, 3.63) is 54.1 Å². The number of likely N-dealkylation sites (N-methyl/N-ethyl adjacent to an activating group) is 1. The highest BCUT2D eigenvalue weighted by Crippen LogP contribution is 2.34. The minimum absolute atomic E-state index is 0.133. The van der Waals surface area contributed by atoms with Gasteiger partial charge in [-0.05, 0) is 30.8 Å². The number of nitrogens with zero attached hydrogens (tertiary/aromatic N) is 1. The molecule has 1 atom stereocenters. The first-order chi connectivity index (χ1) is 12.7. The Kier molecular flexibility index (Phi) is 5.96. The minimum atomic E-state index is -0.239. The number of urea groups is 1. The van der Waals surface area contributed by atoms with E-state index in [1.54, 1.807) is 18.2 Å². The van der Waals surface area contributed by atoms with Crippen molar-refractivity contribution in [1.29, 1.82) is 0 Å². The summed E-state index contributed by atoms with van der Waals surface area (Å²) in [4.78, 5) is 14.7. The Hall–Kier alpha value is -2.73. The number of hydrogen-bond donors (Lipinski definition) is 2. The molecule has 2 aromatic carbocycles. The average molecular weight is 355 g/mol. The molecule has 2 aromatic rings. The number of nitrogens with one attached hydrogen (secondary N) is 2. The molecular formula is C20H25N3O3. The Morgan fingerprint density at radius 1 is 1.08 bits per heavy atom. The molecule has 1 aliphatic heterocycles. The first-order valence-corrected chi connectivity index (χ1v) is 8.94. The van der Waals surface area contributed by atoms with E-state index in [4.69, 9.17) is 9.47 Å². The molecule has 138 valence electrons. The fraction of sp³-hybridized carbons (Fsp3) is 0.350. The third kappa shape index (κ3) is 4.26. The molecule has 0 saturated carbocycles. The smallest absolute Gasteiger partial charge is 0.319 e. The van der Waals surface area contributed by atoms with Gasteiger partial charge in [0.05, 0.1) is 6.04 Å². The van der Waals surface area contributed by atoms with Gasteiger partial charge in [-0.2, -0.15) is 0 Å². The first-order valence-electron chi connectivity index (χ1n) is 8.94. The number of carbonyl (C=O) groups is 1. The molecule has 0 unspecified atom stereocenters. The molecular weight excluding hydrogens is 330 g/mol. The normalized spacial score (nSPS) is 13.5. The van der Waals surface area contributed by atoms with Gasteiger partial charge >= 0.3 is 6.03 Å². The van der Waals surface area contributed by atoms with Crippen LogP contribution in [0.25, 0.3) is 0 Å². The van der Waals surface area contributed by atoms with Crippen molar-refractivity contribution in [1.82, 2.24) is 10.2 Å². The Balaban J connectivity index is 1.62. The average Bonchev–Trinajstić information content (AvgIpc) is 3.13. The molecule has 6 nitrogen and oxygen atoms in total. The zero-order chi connectivity index (χ0) is 18.4. The van der Waals surface area contributed by atoms with Gasteiger partial charge in [0.25, 0.3) is 0 Å². The monoisotopic (exact) mass is 355 g/mol. The molecule has 2 amide bonds. The van der Waals surface area contributed by atoms with Crippen LogP contribution in [-0.4, -0.2) is 37.4 Å². The summed E-state index contributed by atoms with van der Waals surface area (Å²) in [5.41, 5.74) is 1.87. The van der Waals surface area contributed by atoms with Crippen LogP contribution in [0, 0.1) is 0 Å². The van der Waals surface area contributed by atoms with Gasteiger partial charge in [-0.3, -0.25) is 4.90 Å². The molecule has 1 aliphatic rings. The van der Waals surface area contributed by atoms with Gasteiger partial charge in [-0.15, -0.1) is 0 Å². The molecule has 2 N–H and O–H groups in total. The van der Waals surface area contributed by atoms with Crippen LogP contribution in [0.4, 0.5) is 10.5 Å². The molecule has 0 saturated heterocycles. The zero-order valence-electron chi connectivity index (χ0n) is 15.2. The Morgan fingerprint density at radius 2 is 1.81 bits per heavy atom. The molecule has 1 heterocycles.